The largest absolute Gasteiger partial charge is 0.481 e. The van der Waals surface area contributed by atoms with Crippen LogP contribution in [0.3, 0.4) is 0 Å². The molecule has 1 aromatic carbocycles. The second kappa shape index (κ2) is 5.88. The number of hydrogen-bond donors (Lipinski definition) is 2. The third kappa shape index (κ3) is 2.87. The molecule has 0 aliphatic heterocycles. The highest BCUT2D eigenvalue weighted by molar-refractivity contribution is 7.22. The number of carboxylic acid groups (broad SMARTS) is 1. The number of thiazole rings is 1. The molecule has 0 saturated carbocycles. The van der Waals surface area contributed by atoms with Gasteiger partial charge in [-0.25, -0.2) is 4.98 Å². The van der Waals surface area contributed by atoms with Crippen LogP contribution in [0.15, 0.2) is 35.9 Å². The smallest absolute Gasteiger partial charge is 0.307 e. The minimum absolute atomic E-state index is 0.265. The molecule has 0 unspecified atom stereocenters. The summed E-state index contributed by atoms with van der Waals surface area (Å²) in [7, 11) is 0. The highest BCUT2D eigenvalue weighted by Gasteiger charge is 2.35. The van der Waals surface area contributed by atoms with Crippen molar-refractivity contribution in [1.29, 1.82) is 0 Å². The first-order valence-electron chi connectivity index (χ1n) is 7.09. The zero-order chi connectivity index (χ0) is 15.7. The number of hydrogen-bond acceptors (Lipinski definition) is 4. The van der Waals surface area contributed by atoms with Gasteiger partial charge in [0.25, 0.3) is 0 Å². The molecule has 2 atom stereocenters. The summed E-state index contributed by atoms with van der Waals surface area (Å²) in [6, 6.07) is 7.64. The standard InChI is InChI=1S/C16H16N2O3S/c1-9-6-7-10(15(20)21)11(8-9)14(19)18-16-17-12-4-2-3-5-13(12)22-16/h2-6,10-11H,7-8H2,1H3,(H,20,21)(H,17,18,19)/t10-,11+/m0/s1. The summed E-state index contributed by atoms with van der Waals surface area (Å²) in [4.78, 5) is 28.2. The number of aromatic nitrogens is 1. The number of anilines is 1. The second-order valence-electron chi connectivity index (χ2n) is 5.52. The molecule has 6 heteroatoms. The van der Waals surface area contributed by atoms with Gasteiger partial charge in [-0.3, -0.25) is 9.59 Å². The minimum Gasteiger partial charge on any atom is -0.481 e. The molecule has 0 spiro atoms. The number of carbonyl (C=O) groups excluding carboxylic acids is 1. The van der Waals surface area contributed by atoms with Crippen LogP contribution in [0.2, 0.25) is 0 Å². The molecule has 1 amide bonds. The number of nitrogens with one attached hydrogen (secondary N) is 1. The lowest BCUT2D eigenvalue weighted by Crippen LogP contribution is -2.35. The van der Waals surface area contributed by atoms with Gasteiger partial charge < -0.3 is 10.4 Å². The molecule has 2 N–H and O–H groups in total. The van der Waals surface area contributed by atoms with Crippen LogP contribution in [0.4, 0.5) is 5.13 Å². The van der Waals surface area contributed by atoms with E-state index >= 15 is 0 Å². The van der Waals surface area contributed by atoms with E-state index in [9.17, 15) is 14.7 Å². The lowest BCUT2D eigenvalue weighted by atomic mass is 9.79. The van der Waals surface area contributed by atoms with E-state index in [4.69, 9.17) is 0 Å². The summed E-state index contributed by atoms with van der Waals surface area (Å²) < 4.78 is 0.993. The summed E-state index contributed by atoms with van der Waals surface area (Å²) in [5.74, 6) is -2.40. The van der Waals surface area contributed by atoms with Gasteiger partial charge in [0.2, 0.25) is 5.91 Å². The molecule has 1 aliphatic carbocycles. The fourth-order valence-corrected chi connectivity index (χ4v) is 3.61. The van der Waals surface area contributed by atoms with Crippen LogP contribution >= 0.6 is 11.3 Å². The van der Waals surface area contributed by atoms with E-state index in [1.807, 2.05) is 37.3 Å². The molecular weight excluding hydrogens is 300 g/mol. The van der Waals surface area contributed by atoms with Crippen LogP contribution < -0.4 is 5.32 Å². The molecule has 5 nitrogen and oxygen atoms in total. The van der Waals surface area contributed by atoms with Crippen LogP contribution in [0.25, 0.3) is 10.2 Å². The van der Waals surface area contributed by atoms with Crippen molar-refractivity contribution >= 4 is 38.6 Å². The second-order valence-corrected chi connectivity index (χ2v) is 6.55. The van der Waals surface area contributed by atoms with Crippen molar-refractivity contribution in [2.75, 3.05) is 5.32 Å². The van der Waals surface area contributed by atoms with Gasteiger partial charge in [-0.05, 0) is 31.9 Å². The van der Waals surface area contributed by atoms with E-state index < -0.39 is 17.8 Å². The lowest BCUT2D eigenvalue weighted by Gasteiger charge is -2.26. The molecule has 0 radical (unpaired) electrons. The summed E-state index contributed by atoms with van der Waals surface area (Å²) in [5, 5.41) is 12.6. The first-order valence-corrected chi connectivity index (χ1v) is 7.91. The van der Waals surface area contributed by atoms with Crippen LogP contribution in [0.5, 0.6) is 0 Å². The monoisotopic (exact) mass is 316 g/mol. The first-order chi connectivity index (χ1) is 10.5. The van der Waals surface area contributed by atoms with E-state index in [1.54, 1.807) is 0 Å². The Morgan fingerprint density at radius 2 is 2.09 bits per heavy atom. The van der Waals surface area contributed by atoms with Crippen LogP contribution in [-0.2, 0) is 9.59 Å². The molecule has 0 saturated heterocycles. The maximum absolute atomic E-state index is 12.5. The number of benzene rings is 1. The van der Waals surface area contributed by atoms with E-state index in [2.05, 4.69) is 10.3 Å². The molecule has 0 bridgehead atoms. The fourth-order valence-electron chi connectivity index (χ4n) is 2.74. The van der Waals surface area contributed by atoms with Gasteiger partial charge in [0.05, 0.1) is 22.1 Å². The number of amides is 1. The Morgan fingerprint density at radius 1 is 1.32 bits per heavy atom. The number of fused-ring (bicyclic) bond motifs is 1. The Labute approximate surface area is 131 Å². The number of allylic oxidation sites excluding steroid dienone is 2. The predicted molar refractivity (Wildman–Crippen MR) is 85.9 cm³/mol. The molecule has 0 fully saturated rings. The van der Waals surface area contributed by atoms with Gasteiger partial charge in [-0.2, -0.15) is 0 Å². The number of carbonyl (C=O) groups is 2. The van der Waals surface area contributed by atoms with E-state index in [0.717, 1.165) is 15.8 Å². The summed E-state index contributed by atoms with van der Waals surface area (Å²) in [6.45, 7) is 1.93. The topological polar surface area (TPSA) is 79.3 Å². The van der Waals surface area contributed by atoms with Crippen molar-refractivity contribution in [3.63, 3.8) is 0 Å². The predicted octanol–water partition coefficient (Wildman–Crippen LogP) is 3.29. The van der Waals surface area contributed by atoms with Crippen LogP contribution in [0.1, 0.15) is 19.8 Å². The Kier molecular flexibility index (Phi) is 3.94. The molecular formula is C16H16N2O3S. The molecule has 1 heterocycles. The van der Waals surface area contributed by atoms with Gasteiger partial charge >= 0.3 is 5.97 Å². The van der Waals surface area contributed by atoms with Gasteiger partial charge in [-0.1, -0.05) is 35.1 Å². The molecule has 22 heavy (non-hydrogen) atoms. The normalized spacial score (nSPS) is 21.4. The summed E-state index contributed by atoms with van der Waals surface area (Å²) in [5.41, 5.74) is 1.89. The highest BCUT2D eigenvalue weighted by atomic mass is 32.1. The number of para-hydroxylation sites is 1. The van der Waals surface area contributed by atoms with Crippen molar-refractivity contribution in [3.8, 4) is 0 Å². The van der Waals surface area contributed by atoms with Gasteiger partial charge in [0.15, 0.2) is 5.13 Å². The Balaban J connectivity index is 1.80. The third-order valence-corrected chi connectivity index (χ3v) is 4.88. The van der Waals surface area contributed by atoms with Crippen molar-refractivity contribution in [2.45, 2.75) is 19.8 Å². The maximum atomic E-state index is 12.5. The van der Waals surface area contributed by atoms with E-state index in [1.165, 1.54) is 11.3 Å². The average Bonchev–Trinajstić information content (AvgIpc) is 2.88. The molecule has 1 aliphatic rings. The van der Waals surface area contributed by atoms with Crippen LogP contribution in [0, 0.1) is 11.8 Å². The maximum Gasteiger partial charge on any atom is 0.307 e. The third-order valence-electron chi connectivity index (χ3n) is 3.93. The zero-order valence-corrected chi connectivity index (χ0v) is 12.9. The number of carboxylic acids is 1. The van der Waals surface area contributed by atoms with Crippen molar-refractivity contribution in [2.24, 2.45) is 11.8 Å². The van der Waals surface area contributed by atoms with Crippen molar-refractivity contribution < 1.29 is 14.7 Å². The quantitative estimate of drug-likeness (QED) is 0.852. The molecule has 3 rings (SSSR count). The van der Waals surface area contributed by atoms with E-state index in [0.29, 0.717) is 18.0 Å². The van der Waals surface area contributed by atoms with Crippen molar-refractivity contribution in [1.82, 2.24) is 4.98 Å². The number of aliphatic carboxylic acids is 1. The number of nitrogens with zero attached hydrogens (tertiary/aromatic N) is 1. The zero-order valence-electron chi connectivity index (χ0n) is 12.1. The Morgan fingerprint density at radius 3 is 2.82 bits per heavy atom. The first kappa shape index (κ1) is 14.7. The van der Waals surface area contributed by atoms with E-state index in [-0.39, 0.29) is 5.91 Å². The Hall–Kier alpha value is -2.21. The van der Waals surface area contributed by atoms with Gasteiger partial charge in [-0.15, -0.1) is 0 Å². The molecule has 114 valence electrons. The van der Waals surface area contributed by atoms with Gasteiger partial charge in [0.1, 0.15) is 0 Å². The Bertz CT molecular complexity index is 733. The summed E-state index contributed by atoms with van der Waals surface area (Å²) >= 11 is 1.39. The minimum atomic E-state index is -0.923. The summed E-state index contributed by atoms with van der Waals surface area (Å²) in [6.07, 6.45) is 2.78. The average molecular weight is 316 g/mol. The number of rotatable bonds is 3. The highest BCUT2D eigenvalue weighted by Crippen LogP contribution is 2.32. The van der Waals surface area contributed by atoms with Crippen molar-refractivity contribution in [3.05, 3.63) is 35.9 Å². The lowest BCUT2D eigenvalue weighted by molar-refractivity contribution is -0.146. The molecule has 2 aromatic rings. The SMILES string of the molecule is CC1=CC[C@H](C(=O)O)[C@H](C(=O)Nc2nc3ccccc3s2)C1. The fraction of sp³-hybridized carbons (Fsp3) is 0.312. The molecule has 1 aromatic heterocycles. The van der Waals surface area contributed by atoms with Gasteiger partial charge in [0, 0.05) is 0 Å². The van der Waals surface area contributed by atoms with Crippen LogP contribution in [-0.4, -0.2) is 22.0 Å².